The molecule has 0 saturated heterocycles. The van der Waals surface area contributed by atoms with Crippen LogP contribution in [-0.2, 0) is 11.6 Å². The van der Waals surface area contributed by atoms with Crippen LogP contribution in [0.1, 0.15) is 44.9 Å². The van der Waals surface area contributed by atoms with Crippen molar-refractivity contribution >= 4 is 5.69 Å². The quantitative estimate of drug-likeness (QED) is 0.605. The van der Waals surface area contributed by atoms with Gasteiger partial charge in [-0.2, -0.15) is 13.2 Å². The van der Waals surface area contributed by atoms with E-state index in [1.807, 2.05) is 52.1 Å². The van der Waals surface area contributed by atoms with Crippen LogP contribution in [0.15, 0.2) is 48.5 Å². The van der Waals surface area contributed by atoms with Gasteiger partial charge in [-0.05, 0) is 30.2 Å². The lowest BCUT2D eigenvalue weighted by Gasteiger charge is -2.26. The molecule has 24 heavy (non-hydrogen) atoms. The third-order valence-electron chi connectivity index (χ3n) is 4.29. The molecule has 2 aromatic rings. The molecule has 0 bridgehead atoms. The van der Waals surface area contributed by atoms with E-state index in [9.17, 15) is 13.2 Å². The van der Waals surface area contributed by atoms with Crippen LogP contribution in [0.25, 0.3) is 0 Å². The zero-order valence-corrected chi connectivity index (χ0v) is 13.9. The van der Waals surface area contributed by atoms with Gasteiger partial charge in [0.25, 0.3) is 0 Å². The van der Waals surface area contributed by atoms with Crippen LogP contribution in [0.4, 0.5) is 18.9 Å². The summed E-state index contributed by atoms with van der Waals surface area (Å²) in [6.45, 7) is 6.68. The molecular formula is C20H26F3N. The molecular weight excluding hydrogens is 311 g/mol. The minimum Gasteiger partial charge on any atom is -0.373 e. The Bertz CT molecular complexity index is 679. The first-order chi connectivity index (χ1) is 10.8. The molecule has 2 aromatic carbocycles. The van der Waals surface area contributed by atoms with E-state index in [0.29, 0.717) is 12.1 Å². The standard InChI is InChI=1S/C17H16F3N.C2H6.CH4/c1-16(11-21(2)15-9-4-3-8-14(15)16)12-6-5-7-13(10-12)17(18,19)20;1-2;/h3-10H,11H2,1-2H3;1-2H3;1H4. The SMILES string of the molecule is C.CC.CN1CC(C)(c2cccc(C(F)(F)F)c2)c2ccccc21. The van der Waals surface area contributed by atoms with E-state index in [4.69, 9.17) is 0 Å². The van der Waals surface area contributed by atoms with Crippen LogP contribution in [0.2, 0.25) is 0 Å². The van der Waals surface area contributed by atoms with Gasteiger partial charge >= 0.3 is 6.18 Å². The zero-order chi connectivity index (χ0) is 17.3. The van der Waals surface area contributed by atoms with E-state index in [1.165, 1.54) is 12.1 Å². The summed E-state index contributed by atoms with van der Waals surface area (Å²) in [7, 11) is 1.97. The second kappa shape index (κ2) is 7.29. The summed E-state index contributed by atoms with van der Waals surface area (Å²) in [4.78, 5) is 2.09. The van der Waals surface area contributed by atoms with Crippen LogP contribution in [-0.4, -0.2) is 13.6 Å². The largest absolute Gasteiger partial charge is 0.416 e. The molecule has 132 valence electrons. The predicted molar refractivity (Wildman–Crippen MR) is 95.7 cm³/mol. The number of hydrogen-bond acceptors (Lipinski definition) is 1. The average molecular weight is 337 g/mol. The van der Waals surface area contributed by atoms with Gasteiger partial charge in [-0.3, -0.25) is 0 Å². The van der Waals surface area contributed by atoms with E-state index in [2.05, 4.69) is 4.90 Å². The first kappa shape index (κ1) is 20.1. The van der Waals surface area contributed by atoms with Crippen molar-refractivity contribution < 1.29 is 13.2 Å². The van der Waals surface area contributed by atoms with Crippen LogP contribution < -0.4 is 4.90 Å². The van der Waals surface area contributed by atoms with Crippen molar-refractivity contribution in [1.82, 2.24) is 0 Å². The normalized spacial score (nSPS) is 19.0. The van der Waals surface area contributed by atoms with Crippen molar-refractivity contribution in [3.8, 4) is 0 Å². The molecule has 0 aromatic heterocycles. The smallest absolute Gasteiger partial charge is 0.373 e. The average Bonchev–Trinajstić information content (AvgIpc) is 2.82. The second-order valence-electron chi connectivity index (χ2n) is 5.78. The maximum atomic E-state index is 12.9. The van der Waals surface area contributed by atoms with E-state index in [1.54, 1.807) is 6.07 Å². The van der Waals surface area contributed by atoms with Crippen LogP contribution in [0.3, 0.4) is 0 Å². The van der Waals surface area contributed by atoms with Gasteiger partial charge in [0.05, 0.1) is 5.56 Å². The first-order valence-electron chi connectivity index (χ1n) is 7.81. The summed E-state index contributed by atoms with van der Waals surface area (Å²) >= 11 is 0. The van der Waals surface area contributed by atoms with Crippen molar-refractivity contribution in [2.75, 3.05) is 18.5 Å². The fraction of sp³-hybridized carbons (Fsp3) is 0.400. The highest BCUT2D eigenvalue weighted by Crippen LogP contribution is 2.45. The fourth-order valence-corrected chi connectivity index (χ4v) is 3.20. The van der Waals surface area contributed by atoms with E-state index < -0.39 is 17.2 Å². The van der Waals surface area contributed by atoms with Crippen molar-refractivity contribution in [1.29, 1.82) is 0 Å². The molecule has 0 aliphatic carbocycles. The lowest BCUT2D eigenvalue weighted by Crippen LogP contribution is -2.30. The predicted octanol–water partition coefficient (Wildman–Crippen LogP) is 6.12. The number of rotatable bonds is 1. The highest BCUT2D eigenvalue weighted by molar-refractivity contribution is 5.65. The summed E-state index contributed by atoms with van der Waals surface area (Å²) in [6.07, 6.45) is -4.31. The number of halogens is 3. The number of hydrogen-bond donors (Lipinski definition) is 0. The Morgan fingerprint density at radius 2 is 1.62 bits per heavy atom. The lowest BCUT2D eigenvalue weighted by molar-refractivity contribution is -0.137. The molecule has 1 nitrogen and oxygen atoms in total. The molecule has 3 rings (SSSR count). The second-order valence-corrected chi connectivity index (χ2v) is 5.78. The summed E-state index contributed by atoms with van der Waals surface area (Å²) in [5.74, 6) is 0. The number of benzene rings is 2. The number of likely N-dealkylation sites (N-methyl/N-ethyl adjacent to an activating group) is 1. The summed E-state index contributed by atoms with van der Waals surface area (Å²) in [6, 6.07) is 13.6. The van der Waals surface area contributed by atoms with Crippen molar-refractivity contribution in [2.24, 2.45) is 0 Å². The van der Waals surface area contributed by atoms with Crippen molar-refractivity contribution in [3.05, 3.63) is 65.2 Å². The number of fused-ring (bicyclic) bond motifs is 1. The van der Waals surface area contributed by atoms with Gasteiger partial charge in [0.15, 0.2) is 0 Å². The third-order valence-corrected chi connectivity index (χ3v) is 4.29. The topological polar surface area (TPSA) is 3.24 Å². The third kappa shape index (κ3) is 3.42. The van der Waals surface area contributed by atoms with Gasteiger partial charge in [0.2, 0.25) is 0 Å². The number of anilines is 1. The highest BCUT2D eigenvalue weighted by Gasteiger charge is 2.40. The van der Waals surface area contributed by atoms with Crippen molar-refractivity contribution in [2.45, 2.75) is 39.8 Å². The van der Waals surface area contributed by atoms with Gasteiger partial charge in [-0.15, -0.1) is 0 Å². The molecule has 1 unspecified atom stereocenters. The zero-order valence-electron chi connectivity index (χ0n) is 13.9. The summed E-state index contributed by atoms with van der Waals surface area (Å²) in [5.41, 5.74) is 1.85. The van der Waals surface area contributed by atoms with Gasteiger partial charge in [0, 0.05) is 24.7 Å². The Morgan fingerprint density at radius 1 is 1.00 bits per heavy atom. The molecule has 4 heteroatoms. The molecule has 1 heterocycles. The molecule has 1 aliphatic heterocycles. The van der Waals surface area contributed by atoms with Gasteiger partial charge in [-0.1, -0.05) is 57.7 Å². The molecule has 0 spiro atoms. The van der Waals surface area contributed by atoms with Crippen LogP contribution in [0, 0.1) is 0 Å². The minimum absolute atomic E-state index is 0. The molecule has 0 saturated carbocycles. The van der Waals surface area contributed by atoms with Crippen molar-refractivity contribution in [3.63, 3.8) is 0 Å². The minimum atomic E-state index is -4.31. The van der Waals surface area contributed by atoms with Gasteiger partial charge < -0.3 is 4.90 Å². The summed E-state index contributed by atoms with van der Waals surface area (Å²) < 4.78 is 38.8. The summed E-state index contributed by atoms with van der Waals surface area (Å²) in [5, 5.41) is 0. The van der Waals surface area contributed by atoms with E-state index in [-0.39, 0.29) is 7.43 Å². The Balaban J connectivity index is 0.000000925. The Hall–Kier alpha value is -1.97. The van der Waals surface area contributed by atoms with Gasteiger partial charge in [-0.25, -0.2) is 0 Å². The number of nitrogens with zero attached hydrogens (tertiary/aromatic N) is 1. The number of para-hydroxylation sites is 1. The van der Waals surface area contributed by atoms with Crippen LogP contribution >= 0.6 is 0 Å². The highest BCUT2D eigenvalue weighted by atomic mass is 19.4. The maximum Gasteiger partial charge on any atom is 0.416 e. The molecule has 1 atom stereocenters. The first-order valence-corrected chi connectivity index (χ1v) is 7.81. The molecule has 0 amide bonds. The monoisotopic (exact) mass is 337 g/mol. The molecule has 1 aliphatic rings. The van der Waals surface area contributed by atoms with Gasteiger partial charge in [0.1, 0.15) is 0 Å². The molecule has 0 N–H and O–H groups in total. The van der Waals surface area contributed by atoms with E-state index >= 15 is 0 Å². The lowest BCUT2D eigenvalue weighted by atomic mass is 9.77. The van der Waals surface area contributed by atoms with E-state index in [0.717, 1.165) is 17.3 Å². The fourth-order valence-electron chi connectivity index (χ4n) is 3.20. The maximum absolute atomic E-state index is 12.9. The Morgan fingerprint density at radius 3 is 2.25 bits per heavy atom. The van der Waals surface area contributed by atoms with Crippen LogP contribution in [0.5, 0.6) is 0 Å². The molecule has 0 fully saturated rings. The molecule has 0 radical (unpaired) electrons. The number of alkyl halides is 3. The Kier molecular flexibility index (Phi) is 6.09. The Labute approximate surface area is 143 Å².